The number of hydrogen-bond acceptors (Lipinski definition) is 4. The number of esters is 1. The molecule has 0 aliphatic carbocycles. The number of nitrogen functional groups attached to an aromatic ring is 1. The van der Waals surface area contributed by atoms with Crippen molar-refractivity contribution in [1.82, 2.24) is 0 Å². The molecule has 1 unspecified atom stereocenters. The number of nitrogens with zero attached hydrogens (tertiary/aromatic N) is 1. The number of rotatable bonds is 6. The van der Waals surface area contributed by atoms with Gasteiger partial charge < -0.3 is 10.5 Å². The minimum absolute atomic E-state index is 0.340. The van der Waals surface area contributed by atoms with Gasteiger partial charge in [0.2, 0.25) is 0 Å². The SMILES string of the molecule is CCCCOC(=O)C(C#N)Cc1cccc(N)c1. The van der Waals surface area contributed by atoms with E-state index in [0.29, 0.717) is 18.7 Å². The summed E-state index contributed by atoms with van der Waals surface area (Å²) in [5, 5.41) is 9.00. The number of carbonyl (C=O) groups is 1. The molecule has 1 aromatic carbocycles. The summed E-state index contributed by atoms with van der Waals surface area (Å²) in [6, 6.07) is 9.17. The first-order chi connectivity index (χ1) is 8.67. The molecule has 0 spiro atoms. The molecule has 0 radical (unpaired) electrons. The smallest absolute Gasteiger partial charge is 0.323 e. The van der Waals surface area contributed by atoms with Crippen molar-refractivity contribution in [2.24, 2.45) is 5.92 Å². The van der Waals surface area contributed by atoms with Crippen LogP contribution in [0, 0.1) is 17.2 Å². The molecule has 0 fully saturated rings. The average molecular weight is 246 g/mol. The lowest BCUT2D eigenvalue weighted by Gasteiger charge is -2.09. The van der Waals surface area contributed by atoms with Gasteiger partial charge in [0.05, 0.1) is 12.7 Å². The third-order valence-electron chi connectivity index (χ3n) is 2.57. The Bertz CT molecular complexity index is 438. The van der Waals surface area contributed by atoms with E-state index in [1.165, 1.54) is 0 Å². The molecule has 0 aliphatic heterocycles. The Morgan fingerprint density at radius 3 is 2.94 bits per heavy atom. The number of nitriles is 1. The molecule has 4 nitrogen and oxygen atoms in total. The van der Waals surface area contributed by atoms with Crippen LogP contribution in [0.2, 0.25) is 0 Å². The maximum Gasteiger partial charge on any atom is 0.323 e. The van der Waals surface area contributed by atoms with Crippen molar-refractivity contribution in [3.8, 4) is 6.07 Å². The molecule has 0 bridgehead atoms. The minimum atomic E-state index is -0.761. The second-order valence-electron chi connectivity index (χ2n) is 4.15. The van der Waals surface area contributed by atoms with Crippen molar-refractivity contribution in [1.29, 1.82) is 5.26 Å². The summed E-state index contributed by atoms with van der Waals surface area (Å²) in [7, 11) is 0. The van der Waals surface area contributed by atoms with E-state index in [4.69, 9.17) is 15.7 Å². The van der Waals surface area contributed by atoms with Crippen molar-refractivity contribution in [2.75, 3.05) is 12.3 Å². The molecule has 0 aromatic heterocycles. The van der Waals surface area contributed by atoms with E-state index in [2.05, 4.69) is 0 Å². The molecule has 18 heavy (non-hydrogen) atoms. The Morgan fingerprint density at radius 2 is 2.33 bits per heavy atom. The Labute approximate surface area is 107 Å². The molecule has 0 heterocycles. The summed E-state index contributed by atoms with van der Waals surface area (Å²) in [6.07, 6.45) is 2.12. The van der Waals surface area contributed by atoms with Crippen molar-refractivity contribution in [3.63, 3.8) is 0 Å². The third kappa shape index (κ3) is 4.46. The zero-order valence-corrected chi connectivity index (χ0v) is 10.6. The molecule has 0 saturated heterocycles. The summed E-state index contributed by atoms with van der Waals surface area (Å²) < 4.78 is 5.05. The predicted octanol–water partition coefficient (Wildman–Crippen LogP) is 2.29. The lowest BCUT2D eigenvalue weighted by molar-refractivity contribution is -0.146. The van der Waals surface area contributed by atoms with Gasteiger partial charge in [-0.15, -0.1) is 0 Å². The second kappa shape index (κ2) is 7.33. The van der Waals surface area contributed by atoms with Crippen molar-refractivity contribution < 1.29 is 9.53 Å². The number of unbranched alkanes of at least 4 members (excludes halogenated alkanes) is 1. The van der Waals surface area contributed by atoms with E-state index < -0.39 is 11.9 Å². The number of nitrogens with two attached hydrogens (primary N) is 1. The molecule has 4 heteroatoms. The van der Waals surface area contributed by atoms with Gasteiger partial charge in [0.1, 0.15) is 5.92 Å². The summed E-state index contributed by atoms with van der Waals surface area (Å²) in [5.41, 5.74) is 7.15. The summed E-state index contributed by atoms with van der Waals surface area (Å²) in [4.78, 5) is 11.7. The number of benzene rings is 1. The molecule has 1 rings (SSSR count). The number of carbonyl (C=O) groups excluding carboxylic acids is 1. The first-order valence-corrected chi connectivity index (χ1v) is 6.08. The Balaban J connectivity index is 2.57. The van der Waals surface area contributed by atoms with Gasteiger partial charge in [0.25, 0.3) is 0 Å². The fraction of sp³-hybridized carbons (Fsp3) is 0.429. The van der Waals surface area contributed by atoms with E-state index in [-0.39, 0.29) is 0 Å². The Kier molecular flexibility index (Phi) is 5.72. The third-order valence-corrected chi connectivity index (χ3v) is 2.57. The van der Waals surface area contributed by atoms with Gasteiger partial charge in [-0.05, 0) is 30.5 Å². The quantitative estimate of drug-likeness (QED) is 0.474. The first-order valence-electron chi connectivity index (χ1n) is 6.08. The number of ether oxygens (including phenoxy) is 1. The van der Waals surface area contributed by atoms with Crippen LogP contribution < -0.4 is 5.73 Å². The Morgan fingerprint density at radius 1 is 1.56 bits per heavy atom. The largest absolute Gasteiger partial charge is 0.465 e. The van der Waals surface area contributed by atoms with Crippen molar-refractivity contribution in [2.45, 2.75) is 26.2 Å². The monoisotopic (exact) mass is 246 g/mol. The van der Waals surface area contributed by atoms with E-state index in [1.807, 2.05) is 25.1 Å². The fourth-order valence-electron chi connectivity index (χ4n) is 1.56. The lowest BCUT2D eigenvalue weighted by atomic mass is 10.0. The van der Waals surface area contributed by atoms with Crippen LogP contribution in [0.5, 0.6) is 0 Å². The summed E-state index contributed by atoms with van der Waals surface area (Å²) in [6.45, 7) is 2.40. The van der Waals surface area contributed by atoms with E-state index in [1.54, 1.807) is 12.1 Å². The topological polar surface area (TPSA) is 76.1 Å². The van der Waals surface area contributed by atoms with Crippen LogP contribution in [0.1, 0.15) is 25.3 Å². The van der Waals surface area contributed by atoms with Gasteiger partial charge in [-0.3, -0.25) is 4.79 Å². The minimum Gasteiger partial charge on any atom is -0.465 e. The summed E-state index contributed by atoms with van der Waals surface area (Å²) in [5.74, 6) is -1.21. The molecule has 0 saturated carbocycles. The second-order valence-corrected chi connectivity index (χ2v) is 4.15. The zero-order chi connectivity index (χ0) is 13.4. The zero-order valence-electron chi connectivity index (χ0n) is 10.6. The first kappa shape index (κ1) is 14.0. The maximum absolute atomic E-state index is 11.7. The molecule has 2 N–H and O–H groups in total. The van der Waals surface area contributed by atoms with Crippen LogP contribution in [-0.4, -0.2) is 12.6 Å². The summed E-state index contributed by atoms with van der Waals surface area (Å²) >= 11 is 0. The van der Waals surface area contributed by atoms with E-state index in [9.17, 15) is 4.79 Å². The number of anilines is 1. The van der Waals surface area contributed by atoms with Gasteiger partial charge in [0, 0.05) is 5.69 Å². The highest BCUT2D eigenvalue weighted by molar-refractivity contribution is 5.75. The fourth-order valence-corrected chi connectivity index (χ4v) is 1.56. The lowest BCUT2D eigenvalue weighted by Crippen LogP contribution is -2.19. The standard InChI is InChI=1S/C14H18N2O2/c1-2-3-7-18-14(17)12(10-15)8-11-5-4-6-13(16)9-11/h4-6,9,12H,2-3,7-8,16H2,1H3. The van der Waals surface area contributed by atoms with Crippen molar-refractivity contribution in [3.05, 3.63) is 29.8 Å². The molecule has 1 aromatic rings. The highest BCUT2D eigenvalue weighted by Crippen LogP contribution is 2.13. The van der Waals surface area contributed by atoms with Gasteiger partial charge in [-0.2, -0.15) is 5.26 Å². The van der Waals surface area contributed by atoms with Gasteiger partial charge in [-0.25, -0.2) is 0 Å². The van der Waals surface area contributed by atoms with Crippen molar-refractivity contribution >= 4 is 11.7 Å². The molecule has 0 amide bonds. The van der Waals surface area contributed by atoms with Gasteiger partial charge in [-0.1, -0.05) is 25.5 Å². The highest BCUT2D eigenvalue weighted by atomic mass is 16.5. The van der Waals surface area contributed by atoms with Gasteiger partial charge in [0.15, 0.2) is 0 Å². The number of hydrogen-bond donors (Lipinski definition) is 1. The molecular weight excluding hydrogens is 228 g/mol. The van der Waals surface area contributed by atoms with Crippen LogP contribution >= 0.6 is 0 Å². The highest BCUT2D eigenvalue weighted by Gasteiger charge is 2.19. The van der Waals surface area contributed by atoms with Crippen LogP contribution in [0.4, 0.5) is 5.69 Å². The van der Waals surface area contributed by atoms with E-state index in [0.717, 1.165) is 18.4 Å². The predicted molar refractivity (Wildman–Crippen MR) is 69.5 cm³/mol. The molecule has 96 valence electrons. The molecule has 1 atom stereocenters. The van der Waals surface area contributed by atoms with Crippen LogP contribution in [-0.2, 0) is 16.0 Å². The average Bonchev–Trinajstić information content (AvgIpc) is 2.36. The van der Waals surface area contributed by atoms with Gasteiger partial charge >= 0.3 is 5.97 Å². The molecular formula is C14H18N2O2. The van der Waals surface area contributed by atoms with Crippen LogP contribution in [0.3, 0.4) is 0 Å². The van der Waals surface area contributed by atoms with Crippen LogP contribution in [0.25, 0.3) is 0 Å². The van der Waals surface area contributed by atoms with E-state index >= 15 is 0 Å². The normalized spacial score (nSPS) is 11.6. The Hall–Kier alpha value is -2.02. The molecule has 0 aliphatic rings. The maximum atomic E-state index is 11.7. The van der Waals surface area contributed by atoms with Crippen LogP contribution in [0.15, 0.2) is 24.3 Å².